The van der Waals surface area contributed by atoms with E-state index in [0.717, 1.165) is 12.8 Å². The maximum absolute atomic E-state index is 14.2. The second kappa shape index (κ2) is 9.10. The van der Waals surface area contributed by atoms with E-state index in [1.807, 2.05) is 43.1 Å². The number of hydrogen-bond donors (Lipinski definition) is 1. The van der Waals surface area contributed by atoms with Crippen molar-refractivity contribution >= 4 is 29.5 Å². The minimum Gasteiger partial charge on any atom is -0.394 e. The summed E-state index contributed by atoms with van der Waals surface area (Å²) in [6.07, 6.45) is 9.96. The molecule has 3 amide bonds. The number of carbonyl (C=O) groups is 3. The Bertz CT molecular complexity index is 874. The fourth-order valence-corrected chi connectivity index (χ4v) is 8.16. The summed E-state index contributed by atoms with van der Waals surface area (Å²) < 4.78 is -0.815. The molecule has 7 atom stereocenters. The van der Waals surface area contributed by atoms with Crippen LogP contribution in [0.15, 0.2) is 24.3 Å². The minimum absolute atomic E-state index is 0.0235. The lowest BCUT2D eigenvalue weighted by molar-refractivity contribution is -0.148. The summed E-state index contributed by atoms with van der Waals surface area (Å²) in [5.41, 5.74) is 0. The molecule has 0 saturated carbocycles. The third-order valence-electron chi connectivity index (χ3n) is 7.88. The molecular formula is C25H37N3O4S. The van der Waals surface area contributed by atoms with E-state index >= 15 is 0 Å². The second-order valence-corrected chi connectivity index (χ2v) is 11.7. The van der Waals surface area contributed by atoms with Gasteiger partial charge in [-0.25, -0.2) is 0 Å². The largest absolute Gasteiger partial charge is 0.394 e. The Morgan fingerprint density at radius 2 is 1.85 bits per heavy atom. The highest BCUT2D eigenvalue weighted by Gasteiger charge is 2.71. The highest BCUT2D eigenvalue weighted by Crippen LogP contribution is 2.61. The van der Waals surface area contributed by atoms with Crippen molar-refractivity contribution in [2.75, 3.05) is 26.7 Å². The lowest BCUT2D eigenvalue weighted by Gasteiger charge is -2.41. The smallest absolute Gasteiger partial charge is 0.247 e. The SMILES string of the molecule is CCCC(C)N1CC=C[C@]23S[C@H]4C=CCN(C)C(=O)[C@H]4[C@H]2C(=O)N([C@@H](CO)C(C)C)C3C1=O. The average molecular weight is 476 g/mol. The Kier molecular flexibility index (Phi) is 6.71. The summed E-state index contributed by atoms with van der Waals surface area (Å²) in [5, 5.41) is 10.1. The van der Waals surface area contributed by atoms with Gasteiger partial charge >= 0.3 is 0 Å². The summed E-state index contributed by atoms with van der Waals surface area (Å²) in [6.45, 7) is 8.90. The lowest BCUT2D eigenvalue weighted by atomic mass is 9.78. The first-order valence-corrected chi connectivity index (χ1v) is 13.1. The van der Waals surface area contributed by atoms with Gasteiger partial charge in [0.2, 0.25) is 17.7 Å². The predicted molar refractivity (Wildman–Crippen MR) is 129 cm³/mol. The highest BCUT2D eigenvalue weighted by atomic mass is 32.2. The number of rotatable bonds is 6. The lowest BCUT2D eigenvalue weighted by Crippen LogP contribution is -2.58. The number of hydrogen-bond acceptors (Lipinski definition) is 5. The fraction of sp³-hybridized carbons (Fsp3) is 0.720. The van der Waals surface area contributed by atoms with Crippen LogP contribution in [0.5, 0.6) is 0 Å². The van der Waals surface area contributed by atoms with Gasteiger partial charge in [0.15, 0.2) is 0 Å². The van der Waals surface area contributed by atoms with Crippen molar-refractivity contribution in [1.82, 2.24) is 14.7 Å². The zero-order valence-corrected chi connectivity index (χ0v) is 21.1. The molecule has 0 radical (unpaired) electrons. The molecule has 0 aliphatic carbocycles. The highest BCUT2D eigenvalue weighted by molar-refractivity contribution is 8.02. The molecule has 0 aromatic heterocycles. The van der Waals surface area contributed by atoms with E-state index in [9.17, 15) is 19.5 Å². The van der Waals surface area contributed by atoms with E-state index in [4.69, 9.17) is 0 Å². The Morgan fingerprint density at radius 3 is 2.48 bits per heavy atom. The van der Waals surface area contributed by atoms with Gasteiger partial charge in [-0.2, -0.15) is 0 Å². The molecule has 1 N–H and O–H groups in total. The predicted octanol–water partition coefficient (Wildman–Crippen LogP) is 1.92. The fourth-order valence-electron chi connectivity index (χ4n) is 6.17. The van der Waals surface area contributed by atoms with Crippen molar-refractivity contribution in [2.24, 2.45) is 17.8 Å². The van der Waals surface area contributed by atoms with Crippen LogP contribution in [0.2, 0.25) is 0 Å². The second-order valence-electron chi connectivity index (χ2n) is 10.3. The summed E-state index contributed by atoms with van der Waals surface area (Å²) in [4.78, 5) is 47.0. The molecule has 1 spiro atoms. The van der Waals surface area contributed by atoms with Crippen molar-refractivity contribution in [2.45, 2.75) is 68.7 Å². The van der Waals surface area contributed by atoms with Gasteiger partial charge in [0.05, 0.1) is 29.2 Å². The molecule has 33 heavy (non-hydrogen) atoms. The first-order chi connectivity index (χ1) is 15.7. The van der Waals surface area contributed by atoms with Gasteiger partial charge in [0.1, 0.15) is 6.04 Å². The van der Waals surface area contributed by atoms with Crippen LogP contribution in [0.3, 0.4) is 0 Å². The van der Waals surface area contributed by atoms with Crippen molar-refractivity contribution in [3.05, 3.63) is 24.3 Å². The summed E-state index contributed by atoms with van der Waals surface area (Å²) in [5.74, 6) is -1.44. The Morgan fingerprint density at radius 1 is 1.12 bits per heavy atom. The van der Waals surface area contributed by atoms with Crippen LogP contribution in [0.1, 0.15) is 40.5 Å². The number of aliphatic hydroxyl groups excluding tert-OH is 1. The van der Waals surface area contributed by atoms with E-state index in [-0.39, 0.29) is 41.5 Å². The quantitative estimate of drug-likeness (QED) is 0.594. The Hall–Kier alpha value is -1.80. The van der Waals surface area contributed by atoms with Gasteiger partial charge in [-0.3, -0.25) is 14.4 Å². The van der Waals surface area contributed by atoms with Crippen molar-refractivity contribution in [3.63, 3.8) is 0 Å². The van der Waals surface area contributed by atoms with Crippen molar-refractivity contribution in [1.29, 1.82) is 0 Å². The van der Waals surface area contributed by atoms with Crippen LogP contribution in [0.25, 0.3) is 0 Å². The normalized spacial score (nSPS) is 35.5. The average Bonchev–Trinajstić information content (AvgIpc) is 3.08. The molecule has 7 nitrogen and oxygen atoms in total. The van der Waals surface area contributed by atoms with Gasteiger partial charge in [-0.05, 0) is 19.3 Å². The van der Waals surface area contributed by atoms with Crippen LogP contribution in [-0.2, 0) is 14.4 Å². The van der Waals surface area contributed by atoms with Crippen LogP contribution >= 0.6 is 11.8 Å². The van der Waals surface area contributed by atoms with Crippen LogP contribution in [0, 0.1) is 17.8 Å². The standard InChI is InChI=1S/C25H37N3O4S/c1-6-9-16(4)27-13-8-11-25-20(19-18(33-25)10-7-12-26(5)22(19)30)23(31)28(21(25)24(27)32)17(14-29)15(2)3/h7-8,10-11,15-21,29H,6,9,12-14H2,1-5H3/t16?,17-,18-,19+,20-,21?,25-/m0/s1. The zero-order chi connectivity index (χ0) is 24.1. The molecule has 2 saturated heterocycles. The van der Waals surface area contributed by atoms with E-state index in [1.54, 1.807) is 28.6 Å². The summed E-state index contributed by atoms with van der Waals surface area (Å²) >= 11 is 1.59. The Labute approximate surface area is 201 Å². The van der Waals surface area contributed by atoms with E-state index < -0.39 is 28.7 Å². The van der Waals surface area contributed by atoms with Crippen LogP contribution in [-0.4, -0.2) is 92.4 Å². The zero-order valence-electron chi connectivity index (χ0n) is 20.3. The molecule has 2 fully saturated rings. The Balaban J connectivity index is 1.86. The number of likely N-dealkylation sites (N-methyl/N-ethyl adjacent to an activating group) is 1. The third kappa shape index (κ3) is 3.64. The first kappa shape index (κ1) is 24.3. The molecule has 8 heteroatoms. The number of likely N-dealkylation sites (tertiary alicyclic amines) is 1. The summed E-state index contributed by atoms with van der Waals surface area (Å²) in [6, 6.07) is -1.15. The molecule has 4 rings (SSSR count). The minimum atomic E-state index is -0.815. The van der Waals surface area contributed by atoms with Gasteiger partial charge in [0, 0.05) is 31.4 Å². The van der Waals surface area contributed by atoms with Gasteiger partial charge in [-0.15, -0.1) is 11.8 Å². The monoisotopic (exact) mass is 475 g/mol. The molecule has 4 aliphatic heterocycles. The number of nitrogens with zero attached hydrogens (tertiary/aromatic N) is 3. The van der Waals surface area contributed by atoms with Crippen LogP contribution in [0.4, 0.5) is 0 Å². The first-order valence-electron chi connectivity index (χ1n) is 12.2. The van der Waals surface area contributed by atoms with Gasteiger partial charge in [0.25, 0.3) is 0 Å². The van der Waals surface area contributed by atoms with E-state index in [1.165, 1.54) is 0 Å². The molecule has 4 aliphatic rings. The molecule has 4 heterocycles. The molecular weight excluding hydrogens is 438 g/mol. The van der Waals surface area contributed by atoms with Crippen molar-refractivity contribution < 1.29 is 19.5 Å². The number of carbonyl (C=O) groups excluding carboxylic acids is 3. The molecule has 182 valence electrons. The van der Waals surface area contributed by atoms with Crippen LogP contribution < -0.4 is 0 Å². The maximum Gasteiger partial charge on any atom is 0.247 e. The molecule has 0 bridgehead atoms. The van der Waals surface area contributed by atoms with E-state index in [0.29, 0.717) is 13.1 Å². The number of thioether (sulfide) groups is 1. The topological polar surface area (TPSA) is 81.2 Å². The molecule has 0 aromatic carbocycles. The molecule has 2 unspecified atom stereocenters. The van der Waals surface area contributed by atoms with Crippen molar-refractivity contribution in [3.8, 4) is 0 Å². The molecule has 0 aromatic rings. The third-order valence-corrected chi connectivity index (χ3v) is 9.63. The van der Waals surface area contributed by atoms with E-state index in [2.05, 4.69) is 13.8 Å². The number of aliphatic hydroxyl groups is 1. The van der Waals surface area contributed by atoms with Gasteiger partial charge in [-0.1, -0.05) is 51.5 Å². The summed E-state index contributed by atoms with van der Waals surface area (Å²) in [7, 11) is 1.77. The maximum atomic E-state index is 14.2. The number of fused-ring (bicyclic) bond motifs is 2. The number of amides is 3. The van der Waals surface area contributed by atoms with Gasteiger partial charge < -0.3 is 19.8 Å².